The minimum atomic E-state index is -0.875. The van der Waals surface area contributed by atoms with Gasteiger partial charge in [-0.2, -0.15) is 0 Å². The van der Waals surface area contributed by atoms with Crippen molar-refractivity contribution in [1.29, 1.82) is 0 Å². The highest BCUT2D eigenvalue weighted by atomic mass is 16.2. The fourth-order valence-corrected chi connectivity index (χ4v) is 3.68. The second kappa shape index (κ2) is 7.25. The van der Waals surface area contributed by atoms with Crippen molar-refractivity contribution in [3.05, 3.63) is 36.6 Å². The monoisotopic (exact) mass is 345 g/mol. The molecule has 6 heteroatoms. The lowest BCUT2D eigenvalue weighted by Gasteiger charge is -2.38. The van der Waals surface area contributed by atoms with Gasteiger partial charge in [0.1, 0.15) is 5.54 Å². The van der Waals surface area contributed by atoms with Gasteiger partial charge in [0.05, 0.1) is 6.54 Å². The zero-order valence-electron chi connectivity index (χ0n) is 15.1. The molecule has 3 amide bonds. The number of imide groups is 1. The molecule has 136 valence electrons. The molecule has 0 bridgehead atoms. The number of allylic oxidation sites excluding steroid dienone is 2. The second-order valence-corrected chi connectivity index (χ2v) is 7.07. The van der Waals surface area contributed by atoms with Crippen LogP contribution in [0.1, 0.15) is 39.0 Å². The van der Waals surface area contributed by atoms with Gasteiger partial charge in [0, 0.05) is 18.3 Å². The molecule has 2 rings (SSSR count). The Morgan fingerprint density at radius 3 is 2.40 bits per heavy atom. The first-order valence-electron chi connectivity index (χ1n) is 8.64. The maximum absolute atomic E-state index is 13.0. The molecule has 1 aliphatic heterocycles. The first kappa shape index (κ1) is 19.0. The maximum Gasteiger partial charge on any atom is 0.327 e. The van der Waals surface area contributed by atoms with Gasteiger partial charge in [-0.25, -0.2) is 4.79 Å². The standard InChI is InChI=1S/C19H27N3O3/c1-13(10-11-14(2)20)16(23)12-22-17(24)19(3,21(4)18(22)25)15-8-6-5-7-9-15/h10-11,15H,1-2,5-9,12,20H2,3-4H3/b11-10-. The summed E-state index contributed by atoms with van der Waals surface area (Å²) in [5.74, 6) is -0.549. The van der Waals surface area contributed by atoms with Gasteiger partial charge in [-0.3, -0.25) is 14.5 Å². The van der Waals surface area contributed by atoms with Crippen LogP contribution in [0.2, 0.25) is 0 Å². The molecule has 0 spiro atoms. The van der Waals surface area contributed by atoms with Crippen molar-refractivity contribution in [1.82, 2.24) is 9.80 Å². The predicted octanol–water partition coefficient (Wildman–Crippen LogP) is 2.37. The first-order chi connectivity index (χ1) is 11.7. The van der Waals surface area contributed by atoms with Gasteiger partial charge < -0.3 is 10.6 Å². The fourth-order valence-electron chi connectivity index (χ4n) is 3.68. The van der Waals surface area contributed by atoms with E-state index in [-0.39, 0.29) is 29.7 Å². The zero-order valence-corrected chi connectivity index (χ0v) is 15.1. The Morgan fingerprint density at radius 1 is 1.24 bits per heavy atom. The lowest BCUT2D eigenvalue weighted by molar-refractivity contribution is -0.137. The van der Waals surface area contributed by atoms with Crippen molar-refractivity contribution in [2.45, 2.75) is 44.6 Å². The number of urea groups is 1. The number of nitrogens with two attached hydrogens (primary N) is 1. The van der Waals surface area contributed by atoms with Crippen LogP contribution in [-0.4, -0.2) is 46.7 Å². The molecule has 2 fully saturated rings. The molecule has 1 saturated carbocycles. The second-order valence-electron chi connectivity index (χ2n) is 7.07. The van der Waals surface area contributed by atoms with E-state index >= 15 is 0 Å². The molecule has 1 heterocycles. The smallest absolute Gasteiger partial charge is 0.327 e. The van der Waals surface area contributed by atoms with Gasteiger partial charge in [0.15, 0.2) is 5.78 Å². The third-order valence-electron chi connectivity index (χ3n) is 5.45. The van der Waals surface area contributed by atoms with Crippen LogP contribution >= 0.6 is 0 Å². The van der Waals surface area contributed by atoms with Crippen LogP contribution in [0.3, 0.4) is 0 Å². The summed E-state index contributed by atoms with van der Waals surface area (Å²) >= 11 is 0. The Bertz CT molecular complexity index is 646. The van der Waals surface area contributed by atoms with Gasteiger partial charge in [0.2, 0.25) is 0 Å². The summed E-state index contributed by atoms with van der Waals surface area (Å²) < 4.78 is 0. The van der Waals surface area contributed by atoms with E-state index in [2.05, 4.69) is 13.2 Å². The predicted molar refractivity (Wildman–Crippen MR) is 96.5 cm³/mol. The van der Waals surface area contributed by atoms with Crippen molar-refractivity contribution in [2.75, 3.05) is 13.6 Å². The lowest BCUT2D eigenvalue weighted by atomic mass is 9.75. The number of ketones is 1. The van der Waals surface area contributed by atoms with Gasteiger partial charge in [-0.15, -0.1) is 0 Å². The fraction of sp³-hybridized carbons (Fsp3) is 0.526. The van der Waals surface area contributed by atoms with Crippen LogP contribution in [0, 0.1) is 5.92 Å². The molecule has 1 aliphatic carbocycles. The first-order valence-corrected chi connectivity index (χ1v) is 8.64. The summed E-state index contributed by atoms with van der Waals surface area (Å²) in [5.41, 5.74) is 5.03. The highest BCUT2D eigenvalue weighted by molar-refractivity contribution is 6.11. The Labute approximate surface area is 149 Å². The molecule has 6 nitrogen and oxygen atoms in total. The highest BCUT2D eigenvalue weighted by Crippen LogP contribution is 2.40. The summed E-state index contributed by atoms with van der Waals surface area (Å²) in [4.78, 5) is 40.5. The van der Waals surface area contributed by atoms with E-state index in [0.717, 1.165) is 30.6 Å². The molecule has 1 unspecified atom stereocenters. The molecule has 2 aliphatic rings. The Hall–Kier alpha value is -2.37. The van der Waals surface area contributed by atoms with E-state index in [9.17, 15) is 14.4 Å². The number of rotatable bonds is 6. The summed E-state index contributed by atoms with van der Waals surface area (Å²) in [6, 6.07) is -0.425. The topological polar surface area (TPSA) is 83.7 Å². The molecule has 0 radical (unpaired) electrons. The SMILES string of the molecule is C=C(N)/C=C\C(=C)C(=O)CN1C(=O)N(C)C(C)(C2CCCCC2)C1=O. The Kier molecular flexibility index (Phi) is 5.50. The van der Waals surface area contributed by atoms with Crippen LogP contribution in [0.5, 0.6) is 0 Å². The van der Waals surface area contributed by atoms with Crippen LogP contribution in [0.25, 0.3) is 0 Å². The summed E-state index contributed by atoms with van der Waals surface area (Å²) in [7, 11) is 1.65. The number of carbonyl (C=O) groups excluding carboxylic acids is 3. The molecule has 1 saturated heterocycles. The number of hydrogen-bond acceptors (Lipinski definition) is 4. The van der Waals surface area contributed by atoms with E-state index in [1.54, 1.807) is 7.05 Å². The van der Waals surface area contributed by atoms with Gasteiger partial charge >= 0.3 is 6.03 Å². The lowest BCUT2D eigenvalue weighted by Crippen LogP contribution is -2.52. The van der Waals surface area contributed by atoms with E-state index in [1.807, 2.05) is 6.92 Å². The average Bonchev–Trinajstić information content (AvgIpc) is 2.76. The van der Waals surface area contributed by atoms with Crippen molar-refractivity contribution < 1.29 is 14.4 Å². The van der Waals surface area contributed by atoms with Crippen LogP contribution < -0.4 is 5.73 Å². The number of amides is 3. The van der Waals surface area contributed by atoms with Gasteiger partial charge in [-0.1, -0.05) is 32.4 Å². The summed E-state index contributed by atoms with van der Waals surface area (Å²) in [5, 5.41) is 0. The number of carbonyl (C=O) groups is 3. The summed E-state index contributed by atoms with van der Waals surface area (Å²) in [6.07, 6.45) is 8.06. The number of likely N-dealkylation sites (N-methyl/N-ethyl adjacent to an activating group) is 1. The van der Waals surface area contributed by atoms with E-state index in [1.165, 1.54) is 23.5 Å². The van der Waals surface area contributed by atoms with Crippen molar-refractivity contribution >= 4 is 17.7 Å². The van der Waals surface area contributed by atoms with E-state index in [0.29, 0.717) is 5.70 Å². The normalized spacial score (nSPS) is 25.0. The van der Waals surface area contributed by atoms with E-state index in [4.69, 9.17) is 5.73 Å². The Morgan fingerprint density at radius 2 is 1.84 bits per heavy atom. The Balaban J connectivity index is 2.15. The minimum absolute atomic E-state index is 0.131. The molecule has 0 aromatic heterocycles. The van der Waals surface area contributed by atoms with Crippen molar-refractivity contribution in [2.24, 2.45) is 11.7 Å². The molecular formula is C19H27N3O3. The molecule has 25 heavy (non-hydrogen) atoms. The summed E-state index contributed by atoms with van der Waals surface area (Å²) in [6.45, 7) is 8.70. The van der Waals surface area contributed by atoms with Crippen molar-refractivity contribution in [3.63, 3.8) is 0 Å². The number of Topliss-reactive ketones (excluding diaryl/α,β-unsaturated/α-hetero) is 1. The van der Waals surface area contributed by atoms with Gasteiger partial charge in [-0.05, 0) is 37.8 Å². The molecular weight excluding hydrogens is 318 g/mol. The highest BCUT2D eigenvalue weighted by Gasteiger charge is 2.56. The zero-order chi connectivity index (χ0) is 18.8. The maximum atomic E-state index is 13.0. The number of nitrogens with zero attached hydrogens (tertiary/aromatic N) is 2. The molecule has 2 N–H and O–H groups in total. The van der Waals surface area contributed by atoms with Crippen LogP contribution in [0.15, 0.2) is 36.6 Å². The average molecular weight is 345 g/mol. The number of hydrogen-bond donors (Lipinski definition) is 1. The van der Waals surface area contributed by atoms with E-state index < -0.39 is 11.6 Å². The van der Waals surface area contributed by atoms with Gasteiger partial charge in [0.25, 0.3) is 5.91 Å². The molecule has 0 aromatic carbocycles. The van der Waals surface area contributed by atoms with Crippen LogP contribution in [0.4, 0.5) is 4.79 Å². The molecule has 0 aromatic rings. The third kappa shape index (κ3) is 3.52. The largest absolute Gasteiger partial charge is 0.399 e. The van der Waals surface area contributed by atoms with Crippen LogP contribution in [-0.2, 0) is 9.59 Å². The minimum Gasteiger partial charge on any atom is -0.399 e. The third-order valence-corrected chi connectivity index (χ3v) is 5.45. The van der Waals surface area contributed by atoms with Crippen molar-refractivity contribution in [3.8, 4) is 0 Å². The molecule has 1 atom stereocenters. The quantitative estimate of drug-likeness (QED) is 0.455.